The van der Waals surface area contributed by atoms with E-state index in [1.54, 1.807) is 12.1 Å². The fourth-order valence-corrected chi connectivity index (χ4v) is 4.74. The molecule has 3 N–H and O–H groups in total. The van der Waals surface area contributed by atoms with Gasteiger partial charge in [0.05, 0.1) is 10.5 Å². The fraction of sp³-hybridized carbons (Fsp3) is 0.385. The lowest BCUT2D eigenvalue weighted by Crippen LogP contribution is -2.23. The maximum atomic E-state index is 13.7. The molecule has 5 rings (SSSR count). The average Bonchev–Trinajstić information content (AvgIpc) is 3.67. The molecule has 3 aromatic rings. The lowest BCUT2D eigenvalue weighted by Gasteiger charge is -2.21. The Balaban J connectivity index is 1.59. The van der Waals surface area contributed by atoms with E-state index in [1.165, 1.54) is 24.5 Å². The first-order chi connectivity index (χ1) is 16.1. The van der Waals surface area contributed by atoms with Gasteiger partial charge in [-0.25, -0.2) is 9.37 Å². The number of nitrogens with zero attached hydrogens (tertiary/aromatic N) is 2. The normalized spacial score (nSPS) is 17.0. The van der Waals surface area contributed by atoms with E-state index in [0.717, 1.165) is 54.6 Å². The van der Waals surface area contributed by atoms with Gasteiger partial charge in [-0.05, 0) is 68.0 Å². The molecule has 2 aromatic carbocycles. The van der Waals surface area contributed by atoms with Crippen LogP contribution in [0.2, 0.25) is 5.02 Å². The third-order valence-corrected chi connectivity index (χ3v) is 6.71. The van der Waals surface area contributed by atoms with E-state index in [1.807, 2.05) is 0 Å². The zero-order chi connectivity index (χ0) is 22.8. The van der Waals surface area contributed by atoms with Gasteiger partial charge in [0.25, 0.3) is 0 Å². The molecular weight excluding hydrogens is 437 g/mol. The third-order valence-electron chi connectivity index (χ3n) is 6.42. The SMILES string of the molecule is CCC[C@@H](Nc1nc(Nc2ccc(F)c(Cl)c2)nc2c(C3=CCNCC3)cccc12)C1CC1. The van der Waals surface area contributed by atoms with Crippen molar-refractivity contribution in [2.75, 3.05) is 23.7 Å². The van der Waals surface area contributed by atoms with Gasteiger partial charge in [-0.2, -0.15) is 4.98 Å². The van der Waals surface area contributed by atoms with Crippen LogP contribution < -0.4 is 16.0 Å². The van der Waals surface area contributed by atoms with E-state index in [-0.39, 0.29) is 5.02 Å². The summed E-state index contributed by atoms with van der Waals surface area (Å²) in [5.41, 5.74) is 4.01. The van der Waals surface area contributed by atoms with Gasteiger partial charge >= 0.3 is 0 Å². The predicted molar refractivity (Wildman–Crippen MR) is 135 cm³/mol. The molecule has 0 amide bonds. The van der Waals surface area contributed by atoms with Gasteiger partial charge in [-0.1, -0.05) is 43.2 Å². The number of para-hydroxylation sites is 1. The summed E-state index contributed by atoms with van der Waals surface area (Å²) in [6.07, 6.45) is 7.98. The molecule has 0 spiro atoms. The molecule has 0 bridgehead atoms. The topological polar surface area (TPSA) is 61.9 Å². The van der Waals surface area contributed by atoms with Crippen molar-refractivity contribution in [1.29, 1.82) is 0 Å². The summed E-state index contributed by atoms with van der Waals surface area (Å²) in [7, 11) is 0. The van der Waals surface area contributed by atoms with Crippen LogP contribution in [0.1, 0.15) is 44.6 Å². The van der Waals surface area contributed by atoms with Crippen LogP contribution in [-0.4, -0.2) is 29.1 Å². The minimum Gasteiger partial charge on any atom is -0.366 e. The van der Waals surface area contributed by atoms with Crippen LogP contribution in [0.3, 0.4) is 0 Å². The maximum absolute atomic E-state index is 13.7. The molecule has 1 fully saturated rings. The van der Waals surface area contributed by atoms with Gasteiger partial charge in [0, 0.05) is 29.2 Å². The second kappa shape index (κ2) is 9.65. The Hall–Kier alpha value is -2.70. The summed E-state index contributed by atoms with van der Waals surface area (Å²) in [6.45, 7) is 4.04. The van der Waals surface area contributed by atoms with Crippen molar-refractivity contribution in [2.45, 2.75) is 45.1 Å². The lowest BCUT2D eigenvalue weighted by atomic mass is 9.97. The highest BCUT2D eigenvalue weighted by Gasteiger charge is 2.31. The van der Waals surface area contributed by atoms with Crippen LogP contribution in [0.15, 0.2) is 42.5 Å². The highest BCUT2D eigenvalue weighted by molar-refractivity contribution is 6.31. The Morgan fingerprint density at radius 2 is 2.09 bits per heavy atom. The summed E-state index contributed by atoms with van der Waals surface area (Å²) < 4.78 is 13.7. The van der Waals surface area contributed by atoms with Crippen LogP contribution >= 0.6 is 11.6 Å². The number of aromatic nitrogens is 2. The van der Waals surface area contributed by atoms with Crippen LogP contribution in [0.5, 0.6) is 0 Å². The zero-order valence-corrected chi connectivity index (χ0v) is 19.6. The summed E-state index contributed by atoms with van der Waals surface area (Å²) in [5, 5.41) is 11.5. The average molecular weight is 466 g/mol. The van der Waals surface area contributed by atoms with E-state index in [2.05, 4.69) is 47.1 Å². The smallest absolute Gasteiger partial charge is 0.229 e. The molecule has 7 heteroatoms. The Morgan fingerprint density at radius 3 is 2.82 bits per heavy atom. The third kappa shape index (κ3) is 4.97. The zero-order valence-electron chi connectivity index (χ0n) is 18.8. The highest BCUT2D eigenvalue weighted by Crippen LogP contribution is 2.38. The molecule has 5 nitrogen and oxygen atoms in total. The van der Waals surface area contributed by atoms with Crippen LogP contribution in [0, 0.1) is 11.7 Å². The number of halogens is 2. The van der Waals surface area contributed by atoms with Crippen LogP contribution in [0.4, 0.5) is 21.8 Å². The van der Waals surface area contributed by atoms with Gasteiger partial charge in [0.1, 0.15) is 11.6 Å². The fourth-order valence-electron chi connectivity index (χ4n) is 4.56. The van der Waals surface area contributed by atoms with Crippen molar-refractivity contribution in [3.63, 3.8) is 0 Å². The molecule has 0 unspecified atom stereocenters. The van der Waals surface area contributed by atoms with Crippen molar-refractivity contribution in [3.8, 4) is 0 Å². The molecule has 2 aliphatic rings. The van der Waals surface area contributed by atoms with Gasteiger partial charge in [-0.15, -0.1) is 0 Å². The number of hydrogen-bond donors (Lipinski definition) is 3. The second-order valence-electron chi connectivity index (χ2n) is 8.91. The molecule has 1 aromatic heterocycles. The first-order valence-corrected chi connectivity index (χ1v) is 12.2. The molecule has 33 heavy (non-hydrogen) atoms. The molecule has 0 saturated heterocycles. The van der Waals surface area contributed by atoms with E-state index in [9.17, 15) is 4.39 Å². The highest BCUT2D eigenvalue weighted by atomic mass is 35.5. The number of anilines is 3. The lowest BCUT2D eigenvalue weighted by molar-refractivity contribution is 0.576. The Labute approximate surface area is 198 Å². The van der Waals surface area contributed by atoms with Gasteiger partial charge in [0.15, 0.2) is 0 Å². The van der Waals surface area contributed by atoms with Gasteiger partial charge in [-0.3, -0.25) is 0 Å². The van der Waals surface area contributed by atoms with Crippen molar-refractivity contribution in [2.24, 2.45) is 5.92 Å². The number of hydrogen-bond acceptors (Lipinski definition) is 5. The summed E-state index contributed by atoms with van der Waals surface area (Å²) >= 11 is 6.00. The van der Waals surface area contributed by atoms with Crippen LogP contribution in [-0.2, 0) is 0 Å². The molecule has 1 aliphatic heterocycles. The Morgan fingerprint density at radius 1 is 1.21 bits per heavy atom. The first-order valence-electron chi connectivity index (χ1n) is 11.8. The first kappa shape index (κ1) is 22.1. The van der Waals surface area contributed by atoms with Crippen LogP contribution in [0.25, 0.3) is 16.5 Å². The Kier molecular flexibility index (Phi) is 6.47. The molecule has 2 heterocycles. The van der Waals surface area contributed by atoms with E-state index in [4.69, 9.17) is 21.6 Å². The minimum atomic E-state index is -0.448. The summed E-state index contributed by atoms with van der Waals surface area (Å²) in [4.78, 5) is 9.78. The number of benzene rings is 2. The number of nitrogens with one attached hydrogen (secondary N) is 3. The minimum absolute atomic E-state index is 0.0661. The standard InChI is InChI=1S/C26H29ClFN5/c1-2-4-23(17-7-8-17)31-25-20-6-3-5-19(16-11-13-29-14-12-16)24(20)32-26(33-25)30-18-9-10-22(28)21(27)15-18/h3,5-6,9-11,15,17,23,29H,2,4,7-8,12-14H2,1H3,(H2,30,31,32,33)/t23-/m1/s1. The number of rotatable bonds is 8. The largest absolute Gasteiger partial charge is 0.366 e. The predicted octanol–water partition coefficient (Wildman–Crippen LogP) is 6.53. The number of fused-ring (bicyclic) bond motifs is 1. The van der Waals surface area contributed by atoms with Gasteiger partial charge in [0.2, 0.25) is 5.95 Å². The van der Waals surface area contributed by atoms with E-state index in [0.29, 0.717) is 23.6 Å². The van der Waals surface area contributed by atoms with Gasteiger partial charge < -0.3 is 16.0 Å². The van der Waals surface area contributed by atoms with Crippen molar-refractivity contribution >= 4 is 45.5 Å². The Bertz CT molecular complexity index is 1190. The monoisotopic (exact) mass is 465 g/mol. The quantitative estimate of drug-likeness (QED) is 0.353. The molecule has 172 valence electrons. The second-order valence-corrected chi connectivity index (χ2v) is 9.32. The van der Waals surface area contributed by atoms with E-state index < -0.39 is 5.82 Å². The van der Waals surface area contributed by atoms with Crippen molar-refractivity contribution < 1.29 is 4.39 Å². The molecule has 1 saturated carbocycles. The summed E-state index contributed by atoms with van der Waals surface area (Å²) in [6, 6.07) is 11.3. The molecule has 1 atom stereocenters. The van der Waals surface area contributed by atoms with Crippen molar-refractivity contribution in [3.05, 3.63) is 58.9 Å². The molecular formula is C26H29ClFN5. The molecule has 0 radical (unpaired) electrons. The van der Waals surface area contributed by atoms with E-state index >= 15 is 0 Å². The molecule has 1 aliphatic carbocycles. The van der Waals surface area contributed by atoms with Crippen molar-refractivity contribution in [1.82, 2.24) is 15.3 Å². The maximum Gasteiger partial charge on any atom is 0.229 e. The summed E-state index contributed by atoms with van der Waals surface area (Å²) in [5.74, 6) is 1.58.